The maximum absolute atomic E-state index is 12.2. The smallest absolute Gasteiger partial charge is 0.224 e. The predicted octanol–water partition coefficient (Wildman–Crippen LogP) is 1.09. The third-order valence-electron chi connectivity index (χ3n) is 4.69. The zero-order chi connectivity index (χ0) is 14.5. The fourth-order valence-electron chi connectivity index (χ4n) is 3.37. The van der Waals surface area contributed by atoms with E-state index in [1.54, 1.807) is 0 Å². The van der Waals surface area contributed by atoms with Gasteiger partial charge in [0.25, 0.3) is 0 Å². The average molecular weight is 282 g/mol. The van der Waals surface area contributed by atoms with Crippen molar-refractivity contribution < 1.29 is 4.79 Å². The second-order valence-electron chi connectivity index (χ2n) is 6.39. The molecule has 5 heteroatoms. The van der Waals surface area contributed by atoms with Crippen molar-refractivity contribution in [2.75, 3.05) is 19.6 Å². The Hall–Kier alpha value is -0.650. The van der Waals surface area contributed by atoms with Crippen LogP contribution in [0.5, 0.6) is 0 Å². The van der Waals surface area contributed by atoms with Gasteiger partial charge in [0.05, 0.1) is 0 Å². The lowest BCUT2D eigenvalue weighted by atomic mass is 9.99. The highest BCUT2D eigenvalue weighted by atomic mass is 16.2. The number of hydrazine groups is 1. The number of hydrogen-bond acceptors (Lipinski definition) is 4. The fraction of sp³-hybridized carbons (Fsp3) is 0.933. The first-order chi connectivity index (χ1) is 9.61. The van der Waals surface area contributed by atoms with Gasteiger partial charge < -0.3 is 10.6 Å². The van der Waals surface area contributed by atoms with E-state index in [9.17, 15) is 4.79 Å². The highest BCUT2D eigenvalue weighted by molar-refractivity contribution is 5.77. The fourth-order valence-corrected chi connectivity index (χ4v) is 3.37. The Morgan fingerprint density at radius 2 is 1.80 bits per heavy atom. The molecule has 0 aromatic rings. The van der Waals surface area contributed by atoms with Gasteiger partial charge in [-0.3, -0.25) is 4.79 Å². The summed E-state index contributed by atoms with van der Waals surface area (Å²) in [6.07, 6.45) is 6.54. The van der Waals surface area contributed by atoms with Crippen LogP contribution in [0.15, 0.2) is 0 Å². The molecule has 3 N–H and O–H groups in total. The molecule has 116 valence electrons. The molecular weight excluding hydrogens is 252 g/mol. The third kappa shape index (κ3) is 3.93. The summed E-state index contributed by atoms with van der Waals surface area (Å²) < 4.78 is 0. The number of carbonyl (C=O) groups is 1. The average Bonchev–Trinajstić information content (AvgIpc) is 2.95. The van der Waals surface area contributed by atoms with E-state index in [1.165, 1.54) is 19.3 Å². The van der Waals surface area contributed by atoms with Gasteiger partial charge >= 0.3 is 0 Å². The van der Waals surface area contributed by atoms with Gasteiger partial charge in [-0.1, -0.05) is 6.42 Å². The summed E-state index contributed by atoms with van der Waals surface area (Å²) in [4.78, 5) is 14.2. The summed E-state index contributed by atoms with van der Waals surface area (Å²) in [7, 11) is 0. The molecule has 0 aromatic heterocycles. The standard InChI is InChI=1S/C15H30N4O/c1-12-6-5-7-13(2)19(12)17-14(11-16)10-15(20)18-8-3-4-9-18/h12-14,17H,3-11,16H2,1-2H3. The summed E-state index contributed by atoms with van der Waals surface area (Å²) in [5, 5.41) is 2.32. The lowest BCUT2D eigenvalue weighted by Gasteiger charge is -2.41. The van der Waals surface area contributed by atoms with E-state index in [0.717, 1.165) is 25.9 Å². The number of likely N-dealkylation sites (tertiary alicyclic amines) is 1. The van der Waals surface area contributed by atoms with Crippen LogP contribution in [0.25, 0.3) is 0 Å². The number of nitrogens with zero attached hydrogens (tertiary/aromatic N) is 2. The second kappa shape index (κ2) is 7.38. The highest BCUT2D eigenvalue weighted by Gasteiger charge is 2.28. The molecule has 2 rings (SSSR count). The molecule has 2 heterocycles. The largest absolute Gasteiger partial charge is 0.343 e. The number of piperidine rings is 1. The van der Waals surface area contributed by atoms with Crippen LogP contribution in [0.4, 0.5) is 0 Å². The van der Waals surface area contributed by atoms with Gasteiger partial charge in [0.2, 0.25) is 5.91 Å². The quantitative estimate of drug-likeness (QED) is 0.792. The first kappa shape index (κ1) is 15.7. The Kier molecular flexibility index (Phi) is 5.81. The minimum atomic E-state index is 0.0612. The van der Waals surface area contributed by atoms with Crippen LogP contribution in [0.2, 0.25) is 0 Å². The molecule has 0 radical (unpaired) electrons. The summed E-state index contributed by atoms with van der Waals surface area (Å²) in [6.45, 7) is 6.85. The molecule has 1 amide bonds. The lowest BCUT2D eigenvalue weighted by molar-refractivity contribution is -0.131. The van der Waals surface area contributed by atoms with Crippen molar-refractivity contribution in [3.63, 3.8) is 0 Å². The number of rotatable bonds is 5. The van der Waals surface area contributed by atoms with Gasteiger partial charge in [-0.2, -0.15) is 0 Å². The normalized spacial score (nSPS) is 29.6. The van der Waals surface area contributed by atoms with Crippen molar-refractivity contribution in [3.8, 4) is 0 Å². The molecule has 20 heavy (non-hydrogen) atoms. The van der Waals surface area contributed by atoms with Gasteiger partial charge in [0, 0.05) is 44.2 Å². The van der Waals surface area contributed by atoms with E-state index in [1.807, 2.05) is 4.90 Å². The Morgan fingerprint density at radius 3 is 2.35 bits per heavy atom. The van der Waals surface area contributed by atoms with Crippen molar-refractivity contribution in [2.45, 2.75) is 70.5 Å². The highest BCUT2D eigenvalue weighted by Crippen LogP contribution is 2.21. The number of amides is 1. The van der Waals surface area contributed by atoms with Gasteiger partial charge in [0.15, 0.2) is 0 Å². The summed E-state index contributed by atoms with van der Waals surface area (Å²) in [5.41, 5.74) is 9.39. The van der Waals surface area contributed by atoms with Crippen LogP contribution < -0.4 is 11.2 Å². The van der Waals surface area contributed by atoms with Crippen molar-refractivity contribution in [1.82, 2.24) is 15.3 Å². The molecule has 3 atom stereocenters. The molecule has 0 bridgehead atoms. The summed E-state index contributed by atoms with van der Waals surface area (Å²) >= 11 is 0. The van der Waals surface area contributed by atoms with Crippen LogP contribution in [0.3, 0.4) is 0 Å². The lowest BCUT2D eigenvalue weighted by Crippen LogP contribution is -2.57. The first-order valence-corrected chi connectivity index (χ1v) is 8.14. The molecule has 0 saturated carbocycles. The molecule has 2 aliphatic rings. The van der Waals surface area contributed by atoms with E-state index in [4.69, 9.17) is 5.73 Å². The molecule has 0 spiro atoms. The third-order valence-corrected chi connectivity index (χ3v) is 4.69. The van der Waals surface area contributed by atoms with Crippen LogP contribution in [-0.2, 0) is 4.79 Å². The minimum absolute atomic E-state index is 0.0612. The second-order valence-corrected chi connectivity index (χ2v) is 6.39. The van der Waals surface area contributed by atoms with Gasteiger partial charge in [-0.15, -0.1) is 0 Å². The molecule has 0 aromatic carbocycles. The van der Waals surface area contributed by atoms with Crippen LogP contribution in [0.1, 0.15) is 52.4 Å². The Morgan fingerprint density at radius 1 is 1.20 bits per heavy atom. The van der Waals surface area contributed by atoms with Gasteiger partial charge in [0.1, 0.15) is 0 Å². The first-order valence-electron chi connectivity index (χ1n) is 8.14. The monoisotopic (exact) mass is 282 g/mol. The zero-order valence-electron chi connectivity index (χ0n) is 13.0. The zero-order valence-corrected chi connectivity index (χ0v) is 13.0. The number of nitrogens with two attached hydrogens (primary N) is 1. The van der Waals surface area contributed by atoms with Gasteiger partial charge in [-0.25, -0.2) is 10.4 Å². The van der Waals surface area contributed by atoms with E-state index in [0.29, 0.717) is 25.0 Å². The molecule has 2 fully saturated rings. The molecule has 2 aliphatic heterocycles. The summed E-state index contributed by atoms with van der Waals surface area (Å²) in [6, 6.07) is 1.11. The minimum Gasteiger partial charge on any atom is -0.343 e. The number of nitrogens with one attached hydrogen (secondary N) is 1. The molecular formula is C15H30N4O. The molecule has 3 unspecified atom stereocenters. The number of carbonyl (C=O) groups excluding carboxylic acids is 1. The number of hydrogen-bond donors (Lipinski definition) is 2. The van der Waals surface area contributed by atoms with E-state index in [-0.39, 0.29) is 11.9 Å². The molecule has 5 nitrogen and oxygen atoms in total. The van der Waals surface area contributed by atoms with Crippen LogP contribution >= 0.6 is 0 Å². The van der Waals surface area contributed by atoms with Gasteiger partial charge in [-0.05, 0) is 39.5 Å². The van der Waals surface area contributed by atoms with Crippen LogP contribution in [0, 0.1) is 0 Å². The summed E-state index contributed by atoms with van der Waals surface area (Å²) in [5.74, 6) is 0.253. The maximum atomic E-state index is 12.2. The van der Waals surface area contributed by atoms with E-state index < -0.39 is 0 Å². The van der Waals surface area contributed by atoms with Crippen LogP contribution in [-0.4, -0.2) is 53.6 Å². The van der Waals surface area contributed by atoms with Crippen molar-refractivity contribution in [2.24, 2.45) is 5.73 Å². The van der Waals surface area contributed by atoms with Crippen molar-refractivity contribution in [1.29, 1.82) is 0 Å². The predicted molar refractivity (Wildman–Crippen MR) is 81.0 cm³/mol. The van der Waals surface area contributed by atoms with E-state index >= 15 is 0 Å². The Bertz CT molecular complexity index is 307. The van der Waals surface area contributed by atoms with Crippen molar-refractivity contribution in [3.05, 3.63) is 0 Å². The molecule has 0 aliphatic carbocycles. The Labute approximate surface area is 122 Å². The molecule has 2 saturated heterocycles. The SMILES string of the molecule is CC1CCCC(C)N1NC(CN)CC(=O)N1CCCC1. The van der Waals surface area contributed by atoms with Crippen molar-refractivity contribution >= 4 is 5.91 Å². The van der Waals surface area contributed by atoms with E-state index in [2.05, 4.69) is 24.3 Å². The maximum Gasteiger partial charge on any atom is 0.224 e. The topological polar surface area (TPSA) is 61.6 Å². The Balaban J connectivity index is 1.85.